The predicted octanol–water partition coefficient (Wildman–Crippen LogP) is 2.21. The van der Waals surface area contributed by atoms with Crippen LogP contribution in [0.5, 0.6) is 0 Å². The minimum atomic E-state index is -0.336. The quantitative estimate of drug-likeness (QED) is 0.689. The van der Waals surface area contributed by atoms with Crippen LogP contribution < -0.4 is 10.6 Å². The molecule has 0 unspecified atom stereocenters. The smallest absolute Gasteiger partial charge is 0.319 e. The van der Waals surface area contributed by atoms with Gasteiger partial charge in [0.25, 0.3) is 0 Å². The van der Waals surface area contributed by atoms with Gasteiger partial charge in [-0.1, -0.05) is 6.07 Å². The number of nitriles is 1. The number of aromatic amines is 1. The number of fused-ring (bicyclic) bond motifs is 1. The van der Waals surface area contributed by atoms with E-state index >= 15 is 0 Å². The number of nitrogens with one attached hydrogen (secondary N) is 3. The maximum atomic E-state index is 11.9. The van der Waals surface area contributed by atoms with Gasteiger partial charge in [0.05, 0.1) is 12.2 Å². The van der Waals surface area contributed by atoms with E-state index in [0.29, 0.717) is 28.1 Å². The number of hydrogen-bond acceptors (Lipinski definition) is 5. The zero-order valence-electron chi connectivity index (χ0n) is 10.8. The number of benzene rings is 1. The Hall–Kier alpha value is -2.92. The first-order chi connectivity index (χ1) is 10.3. The zero-order valence-corrected chi connectivity index (χ0v) is 11.6. The van der Waals surface area contributed by atoms with Crippen molar-refractivity contribution in [3.63, 3.8) is 0 Å². The third kappa shape index (κ3) is 2.82. The fraction of sp³-hybridized carbons (Fsp3) is 0.0769. The van der Waals surface area contributed by atoms with E-state index in [9.17, 15) is 4.79 Å². The van der Waals surface area contributed by atoms with Gasteiger partial charge in [0.2, 0.25) is 0 Å². The monoisotopic (exact) mass is 298 g/mol. The Morgan fingerprint density at radius 1 is 1.33 bits per heavy atom. The standard InChI is InChI=1S/C13H10N6OS/c14-6-8-4-5-9(21-8)7-15-13(20)16-10-2-1-3-11-12(10)18-19-17-11/h1-5H,7H2,(H2,15,16,20)(H,17,18,19). The molecule has 2 aromatic heterocycles. The number of H-pyrrole nitrogens is 1. The van der Waals surface area contributed by atoms with Gasteiger partial charge in [0.1, 0.15) is 22.0 Å². The second kappa shape index (κ2) is 5.60. The summed E-state index contributed by atoms with van der Waals surface area (Å²) in [5, 5.41) is 24.7. The molecule has 104 valence electrons. The van der Waals surface area contributed by atoms with Crippen LogP contribution in [0.15, 0.2) is 30.3 Å². The summed E-state index contributed by atoms with van der Waals surface area (Å²) in [4.78, 5) is 13.4. The van der Waals surface area contributed by atoms with E-state index in [-0.39, 0.29) is 6.03 Å². The minimum absolute atomic E-state index is 0.336. The topological polar surface area (TPSA) is 106 Å². The third-order valence-corrected chi connectivity index (χ3v) is 3.78. The molecule has 7 nitrogen and oxygen atoms in total. The summed E-state index contributed by atoms with van der Waals surface area (Å²) in [6.07, 6.45) is 0. The molecule has 2 amide bonds. The molecule has 0 bridgehead atoms. The Labute approximate surface area is 123 Å². The molecule has 0 atom stereocenters. The zero-order chi connectivity index (χ0) is 14.7. The molecule has 0 radical (unpaired) electrons. The van der Waals surface area contributed by atoms with Crippen molar-refractivity contribution in [2.45, 2.75) is 6.54 Å². The summed E-state index contributed by atoms with van der Waals surface area (Å²) >= 11 is 1.35. The number of hydrogen-bond donors (Lipinski definition) is 3. The number of thiophene rings is 1. The van der Waals surface area contributed by atoms with Crippen LogP contribution in [0.1, 0.15) is 9.75 Å². The highest BCUT2D eigenvalue weighted by atomic mass is 32.1. The fourth-order valence-electron chi connectivity index (χ4n) is 1.84. The molecule has 3 N–H and O–H groups in total. The van der Waals surface area contributed by atoms with Gasteiger partial charge in [-0.2, -0.15) is 20.7 Å². The summed E-state index contributed by atoms with van der Waals surface area (Å²) in [5.41, 5.74) is 1.88. The number of nitrogens with zero attached hydrogens (tertiary/aromatic N) is 3. The molecule has 0 aliphatic heterocycles. The van der Waals surface area contributed by atoms with E-state index in [1.54, 1.807) is 24.3 Å². The molecule has 21 heavy (non-hydrogen) atoms. The average Bonchev–Trinajstić information content (AvgIpc) is 3.14. The van der Waals surface area contributed by atoms with Gasteiger partial charge >= 0.3 is 6.03 Å². The maximum Gasteiger partial charge on any atom is 0.319 e. The third-order valence-electron chi connectivity index (χ3n) is 2.79. The van der Waals surface area contributed by atoms with Gasteiger partial charge in [-0.3, -0.25) is 0 Å². The molecule has 8 heteroatoms. The van der Waals surface area contributed by atoms with Gasteiger partial charge in [0, 0.05) is 4.88 Å². The van der Waals surface area contributed by atoms with Crippen LogP contribution in [0.25, 0.3) is 11.0 Å². The number of para-hydroxylation sites is 1. The van der Waals surface area contributed by atoms with Gasteiger partial charge < -0.3 is 10.6 Å². The van der Waals surface area contributed by atoms with Gasteiger partial charge in [-0.25, -0.2) is 4.79 Å². The molecule has 1 aromatic carbocycles. The first-order valence-corrected chi connectivity index (χ1v) is 6.91. The summed E-state index contributed by atoms with van der Waals surface area (Å²) in [6.45, 7) is 0.368. The van der Waals surface area contributed by atoms with Crippen molar-refractivity contribution in [3.8, 4) is 6.07 Å². The molecule has 0 spiro atoms. The molecular weight excluding hydrogens is 288 g/mol. The largest absolute Gasteiger partial charge is 0.333 e. The number of carbonyl (C=O) groups is 1. The van der Waals surface area contributed by atoms with Gasteiger partial charge in [-0.15, -0.1) is 11.3 Å². The molecule has 3 rings (SSSR count). The second-order valence-electron chi connectivity index (χ2n) is 4.18. The SMILES string of the molecule is N#Cc1ccc(CNC(=O)Nc2cccc3n[nH]nc23)s1. The number of rotatable bonds is 3. The van der Waals surface area contributed by atoms with Crippen molar-refractivity contribution in [1.29, 1.82) is 5.26 Å². The van der Waals surface area contributed by atoms with Gasteiger partial charge in [0.15, 0.2) is 0 Å². The minimum Gasteiger partial charge on any atom is -0.333 e. The molecule has 0 fully saturated rings. The molecule has 0 aliphatic carbocycles. The molecule has 0 saturated carbocycles. The van der Waals surface area contributed by atoms with Crippen molar-refractivity contribution in [3.05, 3.63) is 40.1 Å². The second-order valence-corrected chi connectivity index (χ2v) is 5.35. The highest BCUT2D eigenvalue weighted by Gasteiger charge is 2.08. The number of amides is 2. The van der Waals surface area contributed by atoms with E-state index in [4.69, 9.17) is 5.26 Å². The number of anilines is 1. The van der Waals surface area contributed by atoms with Crippen LogP contribution >= 0.6 is 11.3 Å². The molecule has 3 aromatic rings. The highest BCUT2D eigenvalue weighted by Crippen LogP contribution is 2.19. The normalized spacial score (nSPS) is 10.2. The van der Waals surface area contributed by atoms with E-state index < -0.39 is 0 Å². The van der Waals surface area contributed by atoms with Crippen molar-refractivity contribution in [2.24, 2.45) is 0 Å². The molecule has 0 aliphatic rings. The van der Waals surface area contributed by atoms with Crippen LogP contribution in [0.3, 0.4) is 0 Å². The summed E-state index contributed by atoms with van der Waals surface area (Å²) in [5.74, 6) is 0. The van der Waals surface area contributed by atoms with Crippen LogP contribution in [0.4, 0.5) is 10.5 Å². The van der Waals surface area contributed by atoms with E-state index in [1.165, 1.54) is 11.3 Å². The Morgan fingerprint density at radius 3 is 3.05 bits per heavy atom. The van der Waals surface area contributed by atoms with Crippen molar-refractivity contribution in [1.82, 2.24) is 20.7 Å². The predicted molar refractivity (Wildman–Crippen MR) is 78.8 cm³/mol. The Balaban J connectivity index is 1.64. The lowest BCUT2D eigenvalue weighted by Crippen LogP contribution is -2.27. The molecule has 0 saturated heterocycles. The number of urea groups is 1. The first-order valence-electron chi connectivity index (χ1n) is 6.09. The van der Waals surface area contributed by atoms with E-state index in [1.807, 2.05) is 6.07 Å². The lowest BCUT2D eigenvalue weighted by molar-refractivity contribution is 0.252. The Kier molecular flexibility index (Phi) is 3.49. The Morgan fingerprint density at radius 2 is 2.24 bits per heavy atom. The average molecular weight is 298 g/mol. The lowest BCUT2D eigenvalue weighted by Gasteiger charge is -2.06. The summed E-state index contributed by atoms with van der Waals surface area (Å²) < 4.78 is 0. The number of carbonyl (C=O) groups excluding carboxylic acids is 1. The van der Waals surface area contributed by atoms with Crippen LogP contribution in [0, 0.1) is 11.3 Å². The van der Waals surface area contributed by atoms with Crippen LogP contribution in [-0.2, 0) is 6.54 Å². The van der Waals surface area contributed by atoms with E-state index in [2.05, 4.69) is 32.1 Å². The number of aromatic nitrogens is 3. The fourth-order valence-corrected chi connectivity index (χ4v) is 2.58. The van der Waals surface area contributed by atoms with Gasteiger partial charge in [-0.05, 0) is 24.3 Å². The van der Waals surface area contributed by atoms with Crippen molar-refractivity contribution < 1.29 is 4.79 Å². The summed E-state index contributed by atoms with van der Waals surface area (Å²) in [7, 11) is 0. The van der Waals surface area contributed by atoms with Crippen LogP contribution in [0.2, 0.25) is 0 Å². The maximum absolute atomic E-state index is 11.9. The van der Waals surface area contributed by atoms with Crippen molar-refractivity contribution in [2.75, 3.05) is 5.32 Å². The highest BCUT2D eigenvalue weighted by molar-refractivity contribution is 7.12. The van der Waals surface area contributed by atoms with E-state index in [0.717, 1.165) is 4.88 Å². The van der Waals surface area contributed by atoms with Crippen LogP contribution in [-0.4, -0.2) is 21.4 Å². The Bertz CT molecular complexity index is 830. The first kappa shape index (κ1) is 13.1. The summed E-state index contributed by atoms with van der Waals surface area (Å²) in [6, 6.07) is 10.6. The molecule has 2 heterocycles. The lowest BCUT2D eigenvalue weighted by atomic mass is 10.2. The van der Waals surface area contributed by atoms with Crippen molar-refractivity contribution >= 4 is 34.1 Å². The molecular formula is C13H10N6OS.